The van der Waals surface area contributed by atoms with Crippen LogP contribution in [0.5, 0.6) is 0 Å². The maximum Gasteiger partial charge on any atom is 0.176 e. The van der Waals surface area contributed by atoms with Crippen LogP contribution in [0, 0.1) is 0 Å². The molecule has 0 saturated heterocycles. The highest BCUT2D eigenvalue weighted by atomic mass is 28.4. The van der Waals surface area contributed by atoms with Gasteiger partial charge in [0.15, 0.2) is 8.24 Å². The first-order valence-electron chi connectivity index (χ1n) is 8.61. The third-order valence-corrected chi connectivity index (χ3v) is 12.6. The lowest BCUT2D eigenvalue weighted by molar-refractivity contribution is 0.796. The third-order valence-electron chi connectivity index (χ3n) is 4.41. The first-order chi connectivity index (χ1) is 10.4. The topological polar surface area (TPSA) is 12.0 Å². The highest BCUT2D eigenvalue weighted by Gasteiger charge is 2.39. The van der Waals surface area contributed by atoms with Crippen LogP contribution in [0.1, 0.15) is 32.6 Å². The van der Waals surface area contributed by atoms with E-state index in [1.54, 1.807) is 10.8 Å². The molecule has 1 aliphatic carbocycles. The van der Waals surface area contributed by atoms with E-state index in [2.05, 4.69) is 80.2 Å². The van der Waals surface area contributed by atoms with Crippen LogP contribution in [0.3, 0.4) is 0 Å². The quantitative estimate of drug-likeness (QED) is 0.703. The molecule has 0 bridgehead atoms. The van der Waals surface area contributed by atoms with E-state index >= 15 is 0 Å². The van der Waals surface area contributed by atoms with Crippen LogP contribution in [0.2, 0.25) is 26.2 Å². The minimum atomic E-state index is -1.81. The summed E-state index contributed by atoms with van der Waals surface area (Å²) in [6.07, 6.45) is 9.73. The van der Waals surface area contributed by atoms with Crippen molar-refractivity contribution in [1.82, 2.24) is 4.65 Å². The zero-order valence-corrected chi connectivity index (χ0v) is 16.9. The van der Waals surface area contributed by atoms with Gasteiger partial charge < -0.3 is 4.65 Å². The molecule has 0 fully saturated rings. The average molecular weight is 330 g/mol. The summed E-state index contributed by atoms with van der Waals surface area (Å²) >= 11 is 0. The fourth-order valence-corrected chi connectivity index (χ4v) is 13.3. The lowest BCUT2D eigenvalue weighted by atomic mass is 10.1. The molecule has 0 spiro atoms. The van der Waals surface area contributed by atoms with Crippen molar-refractivity contribution >= 4 is 21.7 Å². The summed E-state index contributed by atoms with van der Waals surface area (Å²) in [4.78, 5) is 0. The number of nitrogens with one attached hydrogen (secondary N) is 1. The highest BCUT2D eigenvalue weighted by molar-refractivity contribution is 7.02. The normalized spacial score (nSPS) is 17.9. The van der Waals surface area contributed by atoms with Crippen LogP contribution >= 0.6 is 0 Å². The second-order valence-electron chi connectivity index (χ2n) is 7.58. The average Bonchev–Trinajstić information content (AvgIpc) is 2.93. The maximum absolute atomic E-state index is 4.18. The maximum atomic E-state index is 4.18. The van der Waals surface area contributed by atoms with Crippen molar-refractivity contribution in [2.24, 2.45) is 0 Å². The minimum absolute atomic E-state index is 1.15. The smallest absolute Gasteiger partial charge is 0.176 e. The van der Waals surface area contributed by atoms with Crippen molar-refractivity contribution in [1.29, 1.82) is 0 Å². The first-order valence-corrected chi connectivity index (χ1v) is 14.6. The summed E-state index contributed by atoms with van der Waals surface area (Å²) < 4.78 is 4.18. The molecule has 1 nitrogen and oxygen atoms in total. The first kappa shape index (κ1) is 17.4. The Hall–Kier alpha value is -0.906. The molecule has 0 amide bonds. The van der Waals surface area contributed by atoms with Gasteiger partial charge in [-0.15, -0.1) is 0 Å². The van der Waals surface area contributed by atoms with Crippen LogP contribution < -0.4 is 9.83 Å². The molecule has 1 aromatic rings. The number of rotatable bonds is 7. The van der Waals surface area contributed by atoms with Gasteiger partial charge in [0.25, 0.3) is 0 Å². The zero-order chi connectivity index (χ0) is 16.2. The van der Waals surface area contributed by atoms with Gasteiger partial charge in [0.05, 0.1) is 0 Å². The van der Waals surface area contributed by atoms with Gasteiger partial charge in [-0.1, -0.05) is 86.2 Å². The predicted molar refractivity (Wildman–Crippen MR) is 104 cm³/mol. The molecule has 3 heteroatoms. The largest absolute Gasteiger partial charge is 0.353 e. The Morgan fingerprint density at radius 1 is 1.05 bits per heavy atom. The van der Waals surface area contributed by atoms with E-state index in [1.165, 1.54) is 24.4 Å². The summed E-state index contributed by atoms with van der Waals surface area (Å²) in [5.41, 5.74) is 1.62. The summed E-state index contributed by atoms with van der Waals surface area (Å²) in [7, 11) is -3.17. The summed E-state index contributed by atoms with van der Waals surface area (Å²) in [6.45, 7) is 12.1. The highest BCUT2D eigenvalue weighted by Crippen LogP contribution is 2.30. The second-order valence-corrected chi connectivity index (χ2v) is 16.5. The van der Waals surface area contributed by atoms with Gasteiger partial charge in [-0.25, -0.2) is 0 Å². The predicted octanol–water partition coefficient (Wildman–Crippen LogP) is 4.88. The number of hydrogen-bond acceptors (Lipinski definition) is 1. The van der Waals surface area contributed by atoms with E-state index in [0.717, 1.165) is 6.42 Å². The van der Waals surface area contributed by atoms with E-state index in [0.29, 0.717) is 0 Å². The number of hydrogen-bond donors (Lipinski definition) is 1. The summed E-state index contributed by atoms with van der Waals surface area (Å²) in [5, 5.41) is 3.25. The molecule has 0 heterocycles. The number of unbranched alkanes of at least 4 members (excludes halogenated alkanes) is 1. The molecule has 0 radical (unpaired) electrons. The van der Waals surface area contributed by atoms with Crippen molar-refractivity contribution in [2.75, 3.05) is 0 Å². The Bertz CT molecular complexity index is 555. The standard InChI is InChI=1S/C19H31NSi2/c1-6-7-12-17-13-11-16-19(17)22(5,20-21(2,3)4)18-14-9-8-10-15-18/h8-11,13-15,20H,6-7,12,16H2,1-5H3. The molecule has 1 unspecified atom stereocenters. The summed E-state index contributed by atoms with van der Waals surface area (Å²) in [5.74, 6) is 0. The van der Waals surface area contributed by atoms with Crippen LogP contribution in [0.4, 0.5) is 0 Å². The Balaban J connectivity index is 2.45. The van der Waals surface area contributed by atoms with E-state index in [4.69, 9.17) is 0 Å². The van der Waals surface area contributed by atoms with E-state index in [9.17, 15) is 0 Å². The number of benzene rings is 1. The molecule has 22 heavy (non-hydrogen) atoms. The fraction of sp³-hybridized carbons (Fsp3) is 0.474. The van der Waals surface area contributed by atoms with Gasteiger partial charge >= 0.3 is 0 Å². The van der Waals surface area contributed by atoms with Gasteiger partial charge in [0.2, 0.25) is 0 Å². The summed E-state index contributed by atoms with van der Waals surface area (Å²) in [6, 6.07) is 11.2. The van der Waals surface area contributed by atoms with Gasteiger partial charge in [-0.3, -0.25) is 0 Å². The van der Waals surface area contributed by atoms with Gasteiger partial charge in [0.1, 0.15) is 8.24 Å². The van der Waals surface area contributed by atoms with Gasteiger partial charge in [-0.2, -0.15) is 0 Å². The molecule has 0 aromatic heterocycles. The molecular weight excluding hydrogens is 298 g/mol. The lowest BCUT2D eigenvalue weighted by Crippen LogP contribution is -2.67. The molecule has 2 rings (SSSR count). The Morgan fingerprint density at radius 3 is 2.32 bits per heavy atom. The molecule has 120 valence electrons. The van der Waals surface area contributed by atoms with Crippen molar-refractivity contribution in [3.8, 4) is 0 Å². The Morgan fingerprint density at radius 2 is 1.73 bits per heavy atom. The molecule has 0 aliphatic heterocycles. The van der Waals surface area contributed by atoms with Crippen LogP contribution in [0.25, 0.3) is 0 Å². The molecule has 1 N–H and O–H groups in total. The van der Waals surface area contributed by atoms with Crippen LogP contribution in [-0.2, 0) is 0 Å². The third kappa shape index (κ3) is 4.09. The lowest BCUT2D eigenvalue weighted by Gasteiger charge is -2.38. The van der Waals surface area contributed by atoms with Gasteiger partial charge in [0, 0.05) is 0 Å². The molecule has 0 saturated carbocycles. The molecular formula is C19H31NSi2. The fourth-order valence-electron chi connectivity index (χ4n) is 3.52. The Kier molecular flexibility index (Phi) is 5.64. The van der Waals surface area contributed by atoms with Crippen LogP contribution in [0.15, 0.2) is 53.3 Å². The molecule has 1 aliphatic rings. The van der Waals surface area contributed by atoms with E-state index in [-0.39, 0.29) is 0 Å². The Labute approximate surface area is 138 Å². The minimum Gasteiger partial charge on any atom is -0.353 e. The molecule has 1 atom stereocenters. The van der Waals surface area contributed by atoms with Gasteiger partial charge in [-0.05, 0) is 31.0 Å². The second kappa shape index (κ2) is 7.11. The van der Waals surface area contributed by atoms with Crippen molar-refractivity contribution in [3.63, 3.8) is 0 Å². The van der Waals surface area contributed by atoms with Crippen LogP contribution in [-0.4, -0.2) is 16.5 Å². The number of allylic oxidation sites excluding steroid dienone is 4. The van der Waals surface area contributed by atoms with E-state index < -0.39 is 16.5 Å². The van der Waals surface area contributed by atoms with E-state index in [1.807, 2.05) is 0 Å². The van der Waals surface area contributed by atoms with Crippen molar-refractivity contribution in [2.45, 2.75) is 58.8 Å². The monoisotopic (exact) mass is 329 g/mol. The SMILES string of the molecule is CCCCC1=C([Si](C)(N[Si](C)(C)C)c2ccccc2)CC=C1. The van der Waals surface area contributed by atoms with Crippen molar-refractivity contribution < 1.29 is 0 Å². The van der Waals surface area contributed by atoms with Crippen molar-refractivity contribution in [3.05, 3.63) is 53.3 Å². The molecule has 1 aromatic carbocycles. The zero-order valence-electron chi connectivity index (χ0n) is 14.9.